The molecular formula is C15H14BrClFNO. The smallest absolute Gasteiger partial charge is 0.129 e. The van der Waals surface area contributed by atoms with E-state index in [1.165, 1.54) is 6.07 Å². The van der Waals surface area contributed by atoms with Crippen molar-refractivity contribution in [2.45, 2.75) is 6.04 Å². The lowest BCUT2D eigenvalue weighted by molar-refractivity contribution is 0.404. The van der Waals surface area contributed by atoms with E-state index >= 15 is 0 Å². The maximum Gasteiger partial charge on any atom is 0.129 e. The zero-order valence-electron chi connectivity index (χ0n) is 11.1. The Morgan fingerprint density at radius 3 is 2.50 bits per heavy atom. The van der Waals surface area contributed by atoms with Gasteiger partial charge in [-0.1, -0.05) is 39.7 Å². The molecule has 0 aromatic heterocycles. The summed E-state index contributed by atoms with van der Waals surface area (Å²) in [6, 6.07) is 10.0. The summed E-state index contributed by atoms with van der Waals surface area (Å²) in [5, 5.41) is 3.49. The molecule has 0 spiro atoms. The van der Waals surface area contributed by atoms with Gasteiger partial charge in [-0.25, -0.2) is 4.39 Å². The van der Waals surface area contributed by atoms with Crippen LogP contribution in [0.2, 0.25) is 5.02 Å². The summed E-state index contributed by atoms with van der Waals surface area (Å²) in [4.78, 5) is 0. The fraction of sp³-hybridized carbons (Fsp3) is 0.200. The van der Waals surface area contributed by atoms with Crippen LogP contribution < -0.4 is 10.1 Å². The maximum atomic E-state index is 14.1. The van der Waals surface area contributed by atoms with E-state index < -0.39 is 0 Å². The molecule has 0 saturated heterocycles. The minimum Gasteiger partial charge on any atom is -0.496 e. The molecule has 0 aliphatic rings. The van der Waals surface area contributed by atoms with Crippen LogP contribution in [-0.4, -0.2) is 14.2 Å². The number of halogens is 3. The number of benzene rings is 2. The molecule has 0 radical (unpaired) electrons. The Labute approximate surface area is 131 Å². The third kappa shape index (κ3) is 3.14. The van der Waals surface area contributed by atoms with Crippen LogP contribution >= 0.6 is 27.5 Å². The van der Waals surface area contributed by atoms with E-state index in [-0.39, 0.29) is 11.9 Å². The number of rotatable bonds is 4. The van der Waals surface area contributed by atoms with Gasteiger partial charge in [0.15, 0.2) is 0 Å². The molecule has 0 aliphatic heterocycles. The first-order valence-electron chi connectivity index (χ1n) is 6.02. The van der Waals surface area contributed by atoms with Crippen molar-refractivity contribution in [3.8, 4) is 5.75 Å². The predicted molar refractivity (Wildman–Crippen MR) is 83.0 cm³/mol. The van der Waals surface area contributed by atoms with Crippen LogP contribution in [0.15, 0.2) is 40.9 Å². The van der Waals surface area contributed by atoms with Gasteiger partial charge in [0.2, 0.25) is 0 Å². The van der Waals surface area contributed by atoms with E-state index in [4.69, 9.17) is 16.3 Å². The van der Waals surface area contributed by atoms with Crippen LogP contribution in [0.25, 0.3) is 0 Å². The molecule has 106 valence electrons. The zero-order chi connectivity index (χ0) is 14.7. The van der Waals surface area contributed by atoms with E-state index in [9.17, 15) is 4.39 Å². The molecule has 1 atom stereocenters. The van der Waals surface area contributed by atoms with Crippen molar-refractivity contribution in [1.29, 1.82) is 0 Å². The second kappa shape index (κ2) is 6.57. The normalized spacial score (nSPS) is 12.2. The lowest BCUT2D eigenvalue weighted by atomic mass is 9.97. The first-order valence-corrected chi connectivity index (χ1v) is 7.19. The molecule has 0 amide bonds. The minimum absolute atomic E-state index is 0.310. The molecule has 2 rings (SSSR count). The third-order valence-electron chi connectivity index (χ3n) is 3.07. The fourth-order valence-corrected chi connectivity index (χ4v) is 2.64. The molecule has 1 unspecified atom stereocenters. The summed E-state index contributed by atoms with van der Waals surface area (Å²) >= 11 is 9.20. The van der Waals surface area contributed by atoms with Crippen molar-refractivity contribution in [2.24, 2.45) is 0 Å². The molecule has 0 aliphatic carbocycles. The average molecular weight is 359 g/mol. The molecule has 20 heavy (non-hydrogen) atoms. The third-order valence-corrected chi connectivity index (χ3v) is 3.80. The Balaban J connectivity index is 2.52. The highest BCUT2D eigenvalue weighted by Crippen LogP contribution is 2.33. The summed E-state index contributed by atoms with van der Waals surface area (Å²) in [7, 11) is 3.37. The Kier molecular flexibility index (Phi) is 5.02. The van der Waals surface area contributed by atoms with E-state index in [1.54, 1.807) is 26.3 Å². The van der Waals surface area contributed by atoms with Crippen molar-refractivity contribution in [1.82, 2.24) is 5.32 Å². The van der Waals surface area contributed by atoms with Crippen LogP contribution in [0.4, 0.5) is 4.39 Å². The van der Waals surface area contributed by atoms with Crippen LogP contribution in [0.5, 0.6) is 5.75 Å². The van der Waals surface area contributed by atoms with E-state index in [1.807, 2.05) is 18.2 Å². The molecule has 0 fully saturated rings. The molecular weight excluding hydrogens is 345 g/mol. The van der Waals surface area contributed by atoms with Crippen LogP contribution in [0.3, 0.4) is 0 Å². The standard InChI is InChI=1S/C15H14BrClFNO/c1-19-15(11-6-4-10(17)8-13(11)18)12-5-3-9(16)7-14(12)20-2/h3-8,15,19H,1-2H3. The Hall–Kier alpha value is -1.10. The van der Waals surface area contributed by atoms with Gasteiger partial charge in [-0.3, -0.25) is 0 Å². The second-order valence-electron chi connectivity index (χ2n) is 4.27. The highest BCUT2D eigenvalue weighted by molar-refractivity contribution is 9.10. The maximum absolute atomic E-state index is 14.1. The van der Waals surface area contributed by atoms with Gasteiger partial charge < -0.3 is 10.1 Å². The number of nitrogens with one attached hydrogen (secondary N) is 1. The molecule has 0 bridgehead atoms. The molecule has 0 heterocycles. The number of hydrogen-bond acceptors (Lipinski definition) is 2. The second-order valence-corrected chi connectivity index (χ2v) is 5.63. The Bertz CT molecular complexity index is 621. The average Bonchev–Trinajstić information content (AvgIpc) is 2.43. The molecule has 2 aromatic rings. The summed E-state index contributed by atoms with van der Waals surface area (Å²) in [5.74, 6) is 0.342. The van der Waals surface area contributed by atoms with Gasteiger partial charge in [0.25, 0.3) is 0 Å². The van der Waals surface area contributed by atoms with Gasteiger partial charge in [0, 0.05) is 20.6 Å². The topological polar surface area (TPSA) is 21.3 Å². The number of ether oxygens (including phenoxy) is 1. The summed E-state index contributed by atoms with van der Waals surface area (Å²) in [6.07, 6.45) is 0. The molecule has 1 N–H and O–H groups in total. The summed E-state index contributed by atoms with van der Waals surface area (Å²) in [5.41, 5.74) is 1.39. The summed E-state index contributed by atoms with van der Waals surface area (Å²) < 4.78 is 20.4. The predicted octanol–water partition coefficient (Wildman–Crippen LogP) is 4.56. The monoisotopic (exact) mass is 357 g/mol. The first kappa shape index (κ1) is 15.3. The van der Waals surface area contributed by atoms with Crippen molar-refractivity contribution in [2.75, 3.05) is 14.2 Å². The van der Waals surface area contributed by atoms with Crippen molar-refractivity contribution >= 4 is 27.5 Å². The zero-order valence-corrected chi connectivity index (χ0v) is 13.4. The Morgan fingerprint density at radius 2 is 1.90 bits per heavy atom. The van der Waals surface area contributed by atoms with Crippen LogP contribution in [-0.2, 0) is 0 Å². The van der Waals surface area contributed by atoms with E-state index in [2.05, 4.69) is 21.2 Å². The van der Waals surface area contributed by atoms with E-state index in [0.29, 0.717) is 16.3 Å². The fourth-order valence-electron chi connectivity index (χ4n) is 2.14. The van der Waals surface area contributed by atoms with Gasteiger partial charge in [-0.05, 0) is 31.3 Å². The van der Waals surface area contributed by atoms with E-state index in [0.717, 1.165) is 10.0 Å². The highest BCUT2D eigenvalue weighted by atomic mass is 79.9. The minimum atomic E-state index is -0.346. The van der Waals surface area contributed by atoms with Gasteiger partial charge in [0.1, 0.15) is 11.6 Å². The van der Waals surface area contributed by atoms with Gasteiger partial charge in [-0.2, -0.15) is 0 Å². The summed E-state index contributed by atoms with van der Waals surface area (Å²) in [6.45, 7) is 0. The van der Waals surface area contributed by atoms with Gasteiger partial charge in [0.05, 0.1) is 13.2 Å². The highest BCUT2D eigenvalue weighted by Gasteiger charge is 2.20. The SMILES string of the molecule is CNC(c1ccc(Cl)cc1F)c1ccc(Br)cc1OC. The number of methoxy groups -OCH3 is 1. The van der Waals surface area contributed by atoms with Gasteiger partial charge >= 0.3 is 0 Å². The molecule has 2 nitrogen and oxygen atoms in total. The van der Waals surface area contributed by atoms with Crippen molar-refractivity contribution < 1.29 is 9.13 Å². The lowest BCUT2D eigenvalue weighted by Gasteiger charge is -2.20. The van der Waals surface area contributed by atoms with Crippen LogP contribution in [0, 0.1) is 5.82 Å². The Morgan fingerprint density at radius 1 is 1.20 bits per heavy atom. The van der Waals surface area contributed by atoms with Crippen LogP contribution in [0.1, 0.15) is 17.2 Å². The largest absolute Gasteiger partial charge is 0.496 e. The molecule has 0 saturated carbocycles. The molecule has 5 heteroatoms. The quantitative estimate of drug-likeness (QED) is 0.865. The number of hydrogen-bond donors (Lipinski definition) is 1. The lowest BCUT2D eigenvalue weighted by Crippen LogP contribution is -2.19. The van der Waals surface area contributed by atoms with Crippen molar-refractivity contribution in [3.63, 3.8) is 0 Å². The van der Waals surface area contributed by atoms with Gasteiger partial charge in [-0.15, -0.1) is 0 Å². The first-order chi connectivity index (χ1) is 9.56. The van der Waals surface area contributed by atoms with Crippen molar-refractivity contribution in [3.05, 3.63) is 62.8 Å². The molecule has 2 aromatic carbocycles.